The zero-order chi connectivity index (χ0) is 14.1. The molecule has 3 heteroatoms. The number of nitrogen functional groups attached to an aromatic ring is 1. The molecule has 0 amide bonds. The molecule has 0 aliphatic rings. The lowest BCUT2D eigenvalue weighted by Crippen LogP contribution is -1.90. The van der Waals surface area contributed by atoms with Gasteiger partial charge in [0.15, 0.2) is 0 Å². The third-order valence-electron chi connectivity index (χ3n) is 3.35. The van der Waals surface area contributed by atoms with E-state index in [4.69, 9.17) is 10.5 Å². The number of hydrogen-bond donors (Lipinski definition) is 1. The average Bonchev–Trinajstić information content (AvgIpc) is 2.48. The van der Waals surface area contributed by atoms with Gasteiger partial charge in [0.1, 0.15) is 11.6 Å². The summed E-state index contributed by atoms with van der Waals surface area (Å²) >= 11 is 0. The molecule has 0 fully saturated rings. The van der Waals surface area contributed by atoms with E-state index in [1.807, 2.05) is 36.4 Å². The molecular formula is C17H14FNO. The lowest BCUT2D eigenvalue weighted by Gasteiger charge is -2.07. The second kappa shape index (κ2) is 4.85. The van der Waals surface area contributed by atoms with Crippen LogP contribution in [0.5, 0.6) is 5.75 Å². The van der Waals surface area contributed by atoms with Gasteiger partial charge in [0.25, 0.3) is 0 Å². The van der Waals surface area contributed by atoms with Gasteiger partial charge in [-0.2, -0.15) is 0 Å². The van der Waals surface area contributed by atoms with Crippen molar-refractivity contribution in [2.45, 2.75) is 0 Å². The molecule has 100 valence electrons. The van der Waals surface area contributed by atoms with E-state index in [1.165, 1.54) is 6.07 Å². The van der Waals surface area contributed by atoms with Gasteiger partial charge in [0, 0.05) is 11.3 Å². The maximum absolute atomic E-state index is 13.9. The highest BCUT2D eigenvalue weighted by Gasteiger charge is 2.06. The van der Waals surface area contributed by atoms with E-state index >= 15 is 0 Å². The van der Waals surface area contributed by atoms with E-state index in [9.17, 15) is 4.39 Å². The summed E-state index contributed by atoms with van der Waals surface area (Å²) in [6.45, 7) is 0. The Morgan fingerprint density at radius 1 is 0.900 bits per heavy atom. The average molecular weight is 267 g/mol. The predicted octanol–water partition coefficient (Wildman–Crippen LogP) is 4.24. The van der Waals surface area contributed by atoms with E-state index in [1.54, 1.807) is 19.2 Å². The molecule has 0 heterocycles. The number of methoxy groups -OCH3 is 1. The minimum Gasteiger partial charge on any atom is -0.497 e. The Morgan fingerprint density at radius 3 is 2.45 bits per heavy atom. The Bertz CT molecular complexity index is 783. The molecule has 0 spiro atoms. The van der Waals surface area contributed by atoms with Crippen molar-refractivity contribution in [3.8, 4) is 16.9 Å². The molecule has 3 rings (SSSR count). The zero-order valence-electron chi connectivity index (χ0n) is 11.1. The van der Waals surface area contributed by atoms with Crippen molar-refractivity contribution in [2.75, 3.05) is 12.8 Å². The van der Waals surface area contributed by atoms with Crippen LogP contribution in [-0.2, 0) is 0 Å². The molecule has 0 saturated carbocycles. The minimum atomic E-state index is -0.271. The van der Waals surface area contributed by atoms with Gasteiger partial charge in [-0.05, 0) is 52.7 Å². The van der Waals surface area contributed by atoms with Gasteiger partial charge in [0.2, 0.25) is 0 Å². The second-order valence-electron chi connectivity index (χ2n) is 4.67. The number of fused-ring (bicyclic) bond motifs is 1. The van der Waals surface area contributed by atoms with E-state index < -0.39 is 0 Å². The highest BCUT2D eigenvalue weighted by molar-refractivity contribution is 5.88. The molecule has 0 atom stereocenters. The molecule has 0 radical (unpaired) electrons. The van der Waals surface area contributed by atoms with Crippen LogP contribution in [0, 0.1) is 5.82 Å². The standard InChI is InChI=1S/C17H14FNO/c1-20-15-6-4-11-8-13(3-2-12(11)9-15)16-10-14(19)5-7-17(16)18/h2-10H,19H2,1H3. The van der Waals surface area contributed by atoms with Crippen molar-refractivity contribution >= 4 is 16.5 Å². The third-order valence-corrected chi connectivity index (χ3v) is 3.35. The third kappa shape index (κ3) is 2.18. The Balaban J connectivity index is 2.15. The zero-order valence-corrected chi connectivity index (χ0v) is 11.1. The van der Waals surface area contributed by atoms with Crippen LogP contribution in [0.4, 0.5) is 10.1 Å². The summed E-state index contributed by atoms with van der Waals surface area (Å²) in [7, 11) is 1.64. The molecule has 2 nitrogen and oxygen atoms in total. The number of rotatable bonds is 2. The predicted molar refractivity (Wildman–Crippen MR) is 80.3 cm³/mol. The SMILES string of the molecule is COc1ccc2cc(-c3cc(N)ccc3F)ccc2c1. The van der Waals surface area contributed by atoms with Crippen molar-refractivity contribution in [1.29, 1.82) is 0 Å². The number of anilines is 1. The molecule has 3 aromatic carbocycles. The van der Waals surface area contributed by atoms with Crippen LogP contribution in [0.25, 0.3) is 21.9 Å². The summed E-state index contributed by atoms with van der Waals surface area (Å²) in [4.78, 5) is 0. The summed E-state index contributed by atoms with van der Waals surface area (Å²) < 4.78 is 19.1. The number of halogens is 1. The summed E-state index contributed by atoms with van der Waals surface area (Å²) in [6, 6.07) is 16.2. The van der Waals surface area contributed by atoms with E-state index in [0.29, 0.717) is 11.3 Å². The smallest absolute Gasteiger partial charge is 0.131 e. The molecule has 3 aromatic rings. The number of ether oxygens (including phenoxy) is 1. The van der Waals surface area contributed by atoms with Crippen molar-refractivity contribution in [3.05, 3.63) is 60.4 Å². The van der Waals surface area contributed by atoms with Crippen LogP contribution in [0.15, 0.2) is 54.6 Å². The lowest BCUT2D eigenvalue weighted by molar-refractivity contribution is 0.415. The normalized spacial score (nSPS) is 10.7. The molecule has 2 N–H and O–H groups in total. The van der Waals surface area contributed by atoms with Crippen molar-refractivity contribution < 1.29 is 9.13 Å². The van der Waals surface area contributed by atoms with Gasteiger partial charge in [-0.1, -0.05) is 18.2 Å². The van der Waals surface area contributed by atoms with Gasteiger partial charge in [-0.3, -0.25) is 0 Å². The summed E-state index contributed by atoms with van der Waals surface area (Å²) in [5.41, 5.74) is 7.61. The van der Waals surface area contributed by atoms with Crippen molar-refractivity contribution in [3.63, 3.8) is 0 Å². The maximum Gasteiger partial charge on any atom is 0.131 e. The first-order chi connectivity index (χ1) is 9.67. The first-order valence-corrected chi connectivity index (χ1v) is 6.30. The summed E-state index contributed by atoms with van der Waals surface area (Å²) in [5, 5.41) is 2.09. The van der Waals surface area contributed by atoms with Crippen LogP contribution in [0.3, 0.4) is 0 Å². The minimum absolute atomic E-state index is 0.271. The van der Waals surface area contributed by atoms with E-state index in [2.05, 4.69) is 0 Å². The summed E-state index contributed by atoms with van der Waals surface area (Å²) in [6.07, 6.45) is 0. The van der Waals surface area contributed by atoms with Gasteiger partial charge in [-0.25, -0.2) is 4.39 Å². The van der Waals surface area contributed by atoms with Crippen LogP contribution in [-0.4, -0.2) is 7.11 Å². The largest absolute Gasteiger partial charge is 0.497 e. The number of nitrogens with two attached hydrogens (primary N) is 1. The van der Waals surface area contributed by atoms with Gasteiger partial charge < -0.3 is 10.5 Å². The number of hydrogen-bond acceptors (Lipinski definition) is 2. The molecule has 0 bridgehead atoms. The second-order valence-corrected chi connectivity index (χ2v) is 4.67. The highest BCUT2D eigenvalue weighted by Crippen LogP contribution is 2.29. The first-order valence-electron chi connectivity index (χ1n) is 6.30. The Hall–Kier alpha value is -2.55. The molecule has 0 unspecified atom stereocenters. The fraction of sp³-hybridized carbons (Fsp3) is 0.0588. The quantitative estimate of drug-likeness (QED) is 0.705. The van der Waals surface area contributed by atoms with E-state index in [0.717, 1.165) is 22.1 Å². The number of benzene rings is 3. The fourth-order valence-corrected chi connectivity index (χ4v) is 2.28. The van der Waals surface area contributed by atoms with Gasteiger partial charge >= 0.3 is 0 Å². The molecule has 0 aliphatic heterocycles. The Labute approximate surface area is 116 Å². The highest BCUT2D eigenvalue weighted by atomic mass is 19.1. The lowest BCUT2D eigenvalue weighted by atomic mass is 10.0. The van der Waals surface area contributed by atoms with Gasteiger partial charge in [-0.15, -0.1) is 0 Å². The molecule has 0 saturated heterocycles. The molecule has 20 heavy (non-hydrogen) atoms. The van der Waals surface area contributed by atoms with Crippen molar-refractivity contribution in [1.82, 2.24) is 0 Å². The van der Waals surface area contributed by atoms with Crippen LogP contribution in [0.1, 0.15) is 0 Å². The van der Waals surface area contributed by atoms with Crippen LogP contribution < -0.4 is 10.5 Å². The molecule has 0 aliphatic carbocycles. The summed E-state index contributed by atoms with van der Waals surface area (Å²) in [5.74, 6) is 0.535. The maximum atomic E-state index is 13.9. The van der Waals surface area contributed by atoms with E-state index in [-0.39, 0.29) is 5.82 Å². The first kappa shape index (κ1) is 12.5. The monoisotopic (exact) mass is 267 g/mol. The van der Waals surface area contributed by atoms with Crippen molar-refractivity contribution in [2.24, 2.45) is 0 Å². The Morgan fingerprint density at radius 2 is 1.65 bits per heavy atom. The molecular weight excluding hydrogens is 253 g/mol. The Kier molecular flexibility index (Phi) is 3.03. The topological polar surface area (TPSA) is 35.2 Å². The van der Waals surface area contributed by atoms with Crippen LogP contribution >= 0.6 is 0 Å². The fourth-order valence-electron chi connectivity index (χ4n) is 2.28. The molecule has 0 aromatic heterocycles. The van der Waals surface area contributed by atoms with Gasteiger partial charge in [0.05, 0.1) is 7.11 Å². The van der Waals surface area contributed by atoms with Crippen LogP contribution in [0.2, 0.25) is 0 Å².